The van der Waals surface area contributed by atoms with Crippen LogP contribution in [0, 0.1) is 5.82 Å². The maximum Gasteiger partial charge on any atom is 0.165 e. The van der Waals surface area contributed by atoms with Crippen LogP contribution in [0.4, 0.5) is 4.39 Å². The van der Waals surface area contributed by atoms with E-state index in [0.717, 1.165) is 12.0 Å². The highest BCUT2D eigenvalue weighted by atomic mass is 19.1. The van der Waals surface area contributed by atoms with Crippen LogP contribution in [0.25, 0.3) is 0 Å². The molecule has 0 amide bonds. The molecule has 0 aliphatic carbocycles. The molecule has 1 rings (SSSR count). The molecule has 0 fully saturated rings. The largest absolute Gasteiger partial charge is 0.494 e. The summed E-state index contributed by atoms with van der Waals surface area (Å²) in [6, 6.07) is 4.79. The van der Waals surface area contributed by atoms with Gasteiger partial charge in [0.25, 0.3) is 0 Å². The summed E-state index contributed by atoms with van der Waals surface area (Å²) in [7, 11) is 1.44. The van der Waals surface area contributed by atoms with Crippen molar-refractivity contribution in [2.75, 3.05) is 20.3 Å². The first-order valence-electron chi connectivity index (χ1n) is 4.88. The highest BCUT2D eigenvalue weighted by Crippen LogP contribution is 2.17. The number of ether oxygens (including phenoxy) is 2. The second-order valence-electron chi connectivity index (χ2n) is 3.16. The molecule has 4 heteroatoms. The first kappa shape index (κ1) is 11.9. The summed E-state index contributed by atoms with van der Waals surface area (Å²) >= 11 is 0. The molecule has 0 aromatic heterocycles. The van der Waals surface area contributed by atoms with Crippen LogP contribution >= 0.6 is 0 Å². The molecule has 84 valence electrons. The molecule has 1 aromatic rings. The van der Waals surface area contributed by atoms with E-state index in [4.69, 9.17) is 15.2 Å². The van der Waals surface area contributed by atoms with Crippen LogP contribution in [-0.4, -0.2) is 20.3 Å². The van der Waals surface area contributed by atoms with Crippen LogP contribution in [0.15, 0.2) is 18.2 Å². The molecule has 0 atom stereocenters. The minimum Gasteiger partial charge on any atom is -0.494 e. The molecule has 15 heavy (non-hydrogen) atoms. The first-order chi connectivity index (χ1) is 7.27. The maximum absolute atomic E-state index is 13.2. The average molecular weight is 213 g/mol. The molecule has 0 aliphatic rings. The summed E-state index contributed by atoms with van der Waals surface area (Å²) in [4.78, 5) is 0. The summed E-state index contributed by atoms with van der Waals surface area (Å²) in [5.41, 5.74) is 6.11. The number of nitrogens with two attached hydrogens (primary N) is 1. The lowest BCUT2D eigenvalue weighted by atomic mass is 10.2. The molecule has 0 radical (unpaired) electrons. The molecular formula is C11H16FNO2. The number of hydrogen-bond acceptors (Lipinski definition) is 3. The van der Waals surface area contributed by atoms with E-state index in [9.17, 15) is 4.39 Å². The molecule has 0 aliphatic heterocycles. The third-order valence-electron chi connectivity index (χ3n) is 1.98. The van der Waals surface area contributed by atoms with Gasteiger partial charge in [0.15, 0.2) is 11.6 Å². The minimum atomic E-state index is -0.363. The fourth-order valence-corrected chi connectivity index (χ4v) is 1.18. The normalized spacial score (nSPS) is 10.3. The summed E-state index contributed by atoms with van der Waals surface area (Å²) in [6.07, 6.45) is 0.818. The predicted octanol–water partition coefficient (Wildman–Crippen LogP) is 1.70. The molecule has 3 nitrogen and oxygen atoms in total. The van der Waals surface area contributed by atoms with Crippen molar-refractivity contribution in [3.05, 3.63) is 29.6 Å². The van der Waals surface area contributed by atoms with Gasteiger partial charge in [-0.2, -0.15) is 0 Å². The van der Waals surface area contributed by atoms with Crippen LogP contribution in [0.3, 0.4) is 0 Å². The van der Waals surface area contributed by atoms with Gasteiger partial charge in [-0.3, -0.25) is 0 Å². The Morgan fingerprint density at radius 2 is 2.20 bits per heavy atom. The van der Waals surface area contributed by atoms with Gasteiger partial charge in [-0.15, -0.1) is 0 Å². The topological polar surface area (TPSA) is 44.5 Å². The fourth-order valence-electron chi connectivity index (χ4n) is 1.18. The average Bonchev–Trinajstić information content (AvgIpc) is 2.25. The lowest BCUT2D eigenvalue weighted by Crippen LogP contribution is -2.04. The van der Waals surface area contributed by atoms with Crippen molar-refractivity contribution >= 4 is 0 Å². The van der Waals surface area contributed by atoms with E-state index in [0.29, 0.717) is 19.8 Å². The van der Waals surface area contributed by atoms with Gasteiger partial charge in [-0.05, 0) is 30.7 Å². The van der Waals surface area contributed by atoms with Crippen LogP contribution in [0.2, 0.25) is 0 Å². The van der Waals surface area contributed by atoms with Gasteiger partial charge >= 0.3 is 0 Å². The van der Waals surface area contributed by atoms with E-state index in [1.54, 1.807) is 12.1 Å². The summed E-state index contributed by atoms with van der Waals surface area (Å²) in [5.74, 6) is -0.113. The zero-order valence-corrected chi connectivity index (χ0v) is 8.83. The number of benzene rings is 1. The van der Waals surface area contributed by atoms with Crippen molar-refractivity contribution in [2.24, 2.45) is 5.73 Å². The summed E-state index contributed by atoms with van der Waals surface area (Å²) in [5, 5.41) is 0. The van der Waals surface area contributed by atoms with Crippen molar-refractivity contribution in [1.82, 2.24) is 0 Å². The maximum atomic E-state index is 13.2. The van der Waals surface area contributed by atoms with Crippen LogP contribution in [0.5, 0.6) is 5.75 Å². The van der Waals surface area contributed by atoms with E-state index in [1.165, 1.54) is 13.2 Å². The van der Waals surface area contributed by atoms with Crippen LogP contribution in [-0.2, 0) is 11.3 Å². The quantitative estimate of drug-likeness (QED) is 0.731. The number of rotatable bonds is 6. The van der Waals surface area contributed by atoms with Crippen molar-refractivity contribution in [3.63, 3.8) is 0 Å². The van der Waals surface area contributed by atoms with Gasteiger partial charge in [-0.1, -0.05) is 6.07 Å². The Balaban J connectivity index is 2.45. The zero-order chi connectivity index (χ0) is 11.1. The Morgan fingerprint density at radius 1 is 1.40 bits per heavy atom. The van der Waals surface area contributed by atoms with E-state index in [-0.39, 0.29) is 11.6 Å². The standard InChI is InChI=1S/C11H16FNO2/c1-14-11-4-3-9(7-10(11)12)8-15-6-2-5-13/h3-4,7H,2,5-6,8,13H2,1H3. The van der Waals surface area contributed by atoms with Gasteiger partial charge in [0.2, 0.25) is 0 Å². The second kappa shape index (κ2) is 6.37. The lowest BCUT2D eigenvalue weighted by Gasteiger charge is -2.06. The molecular weight excluding hydrogens is 197 g/mol. The van der Waals surface area contributed by atoms with E-state index >= 15 is 0 Å². The molecule has 2 N–H and O–H groups in total. The minimum absolute atomic E-state index is 0.251. The molecule has 0 bridgehead atoms. The van der Waals surface area contributed by atoms with Gasteiger partial charge < -0.3 is 15.2 Å². The van der Waals surface area contributed by atoms with E-state index < -0.39 is 0 Å². The van der Waals surface area contributed by atoms with Crippen molar-refractivity contribution in [1.29, 1.82) is 0 Å². The van der Waals surface area contributed by atoms with Gasteiger partial charge in [0, 0.05) is 6.61 Å². The second-order valence-corrected chi connectivity index (χ2v) is 3.16. The molecule has 1 aromatic carbocycles. The molecule has 0 unspecified atom stereocenters. The fraction of sp³-hybridized carbons (Fsp3) is 0.455. The zero-order valence-electron chi connectivity index (χ0n) is 8.83. The van der Waals surface area contributed by atoms with Crippen molar-refractivity contribution in [2.45, 2.75) is 13.0 Å². The number of methoxy groups -OCH3 is 1. The van der Waals surface area contributed by atoms with Crippen LogP contribution < -0.4 is 10.5 Å². The predicted molar refractivity (Wildman–Crippen MR) is 56.3 cm³/mol. The Kier molecular flexibility index (Phi) is 5.07. The van der Waals surface area contributed by atoms with E-state index in [2.05, 4.69) is 0 Å². The van der Waals surface area contributed by atoms with Gasteiger partial charge in [0.1, 0.15) is 0 Å². The third kappa shape index (κ3) is 3.85. The summed E-state index contributed by atoms with van der Waals surface area (Å²) < 4.78 is 23.3. The number of halogens is 1. The van der Waals surface area contributed by atoms with E-state index in [1.807, 2.05) is 0 Å². The van der Waals surface area contributed by atoms with Gasteiger partial charge in [0.05, 0.1) is 13.7 Å². The first-order valence-corrected chi connectivity index (χ1v) is 4.88. The summed E-state index contributed by atoms with van der Waals surface area (Å²) in [6.45, 7) is 1.61. The highest BCUT2D eigenvalue weighted by molar-refractivity contribution is 5.28. The SMILES string of the molecule is COc1ccc(COCCCN)cc1F. The Morgan fingerprint density at radius 3 is 2.80 bits per heavy atom. The lowest BCUT2D eigenvalue weighted by molar-refractivity contribution is 0.119. The highest BCUT2D eigenvalue weighted by Gasteiger charge is 2.02. The monoisotopic (exact) mass is 213 g/mol. The van der Waals surface area contributed by atoms with Crippen molar-refractivity contribution in [3.8, 4) is 5.75 Å². The Bertz CT molecular complexity index is 305. The molecule has 0 spiro atoms. The molecule has 0 saturated carbocycles. The Hall–Kier alpha value is -1.13. The smallest absolute Gasteiger partial charge is 0.165 e. The van der Waals surface area contributed by atoms with Crippen molar-refractivity contribution < 1.29 is 13.9 Å². The molecule has 0 saturated heterocycles. The number of hydrogen-bond donors (Lipinski definition) is 1. The third-order valence-corrected chi connectivity index (χ3v) is 1.98. The van der Waals surface area contributed by atoms with Gasteiger partial charge in [-0.25, -0.2) is 4.39 Å². The Labute approximate surface area is 89.0 Å². The van der Waals surface area contributed by atoms with Crippen LogP contribution in [0.1, 0.15) is 12.0 Å². The molecule has 0 heterocycles.